The number of thioether (sulfide) groups is 1. The lowest BCUT2D eigenvalue weighted by Crippen LogP contribution is -2.20. The third-order valence-corrected chi connectivity index (χ3v) is 3.42. The van der Waals surface area contributed by atoms with Gasteiger partial charge in [-0.1, -0.05) is 0 Å². The average molecular weight is 210 g/mol. The van der Waals surface area contributed by atoms with Crippen LogP contribution in [0.3, 0.4) is 0 Å². The molecule has 0 aliphatic carbocycles. The lowest BCUT2D eigenvalue weighted by molar-refractivity contribution is 0.804. The molecule has 5 heteroatoms. The summed E-state index contributed by atoms with van der Waals surface area (Å²) >= 11 is 1.97. The molecule has 3 N–H and O–H groups in total. The third-order valence-electron chi connectivity index (χ3n) is 2.26. The molecule has 2 heterocycles. The van der Waals surface area contributed by atoms with Gasteiger partial charge in [0.05, 0.1) is 0 Å². The van der Waals surface area contributed by atoms with Crippen molar-refractivity contribution < 1.29 is 0 Å². The number of nitrogens with two attached hydrogens (primary N) is 1. The second-order valence-corrected chi connectivity index (χ2v) is 4.61. The van der Waals surface area contributed by atoms with Gasteiger partial charge >= 0.3 is 0 Å². The molecular weight excluding hydrogens is 196 g/mol. The first-order valence-electron chi connectivity index (χ1n) is 4.69. The molecular formula is C9H14N4S. The summed E-state index contributed by atoms with van der Waals surface area (Å²) in [7, 11) is 0. The van der Waals surface area contributed by atoms with Crippen LogP contribution in [0.4, 0.5) is 11.8 Å². The maximum atomic E-state index is 5.53. The van der Waals surface area contributed by atoms with Gasteiger partial charge in [0, 0.05) is 23.6 Å². The van der Waals surface area contributed by atoms with Crippen molar-refractivity contribution in [1.82, 2.24) is 9.97 Å². The van der Waals surface area contributed by atoms with Crippen LogP contribution in [-0.2, 0) is 0 Å². The number of nitrogens with zero attached hydrogens (tertiary/aromatic N) is 2. The summed E-state index contributed by atoms with van der Waals surface area (Å²) in [6.07, 6.45) is 2.96. The van der Waals surface area contributed by atoms with E-state index in [9.17, 15) is 0 Å². The first-order valence-corrected chi connectivity index (χ1v) is 5.84. The summed E-state index contributed by atoms with van der Waals surface area (Å²) < 4.78 is 0. The van der Waals surface area contributed by atoms with E-state index in [-0.39, 0.29) is 0 Å². The van der Waals surface area contributed by atoms with Crippen LogP contribution in [0.1, 0.15) is 12.0 Å². The van der Waals surface area contributed by atoms with Crippen LogP contribution >= 0.6 is 11.8 Å². The fourth-order valence-corrected chi connectivity index (χ4v) is 2.60. The predicted octanol–water partition coefficient (Wildman–Crippen LogP) is 1.28. The molecule has 76 valence electrons. The first kappa shape index (κ1) is 9.58. The zero-order valence-corrected chi connectivity index (χ0v) is 8.97. The van der Waals surface area contributed by atoms with Crippen molar-refractivity contribution >= 4 is 23.5 Å². The van der Waals surface area contributed by atoms with Crippen molar-refractivity contribution in [2.75, 3.05) is 22.6 Å². The standard InChI is InChI=1S/C9H14N4S/c1-6-4-11-9(10)13-8(6)12-7-2-3-14-5-7/h4,7H,2-3,5H2,1H3,(H3,10,11,12,13). The fraction of sp³-hybridized carbons (Fsp3) is 0.556. The fourth-order valence-electron chi connectivity index (χ4n) is 1.44. The smallest absolute Gasteiger partial charge is 0.221 e. The maximum absolute atomic E-state index is 5.53. The maximum Gasteiger partial charge on any atom is 0.221 e. The lowest BCUT2D eigenvalue weighted by Gasteiger charge is -2.13. The first-order chi connectivity index (χ1) is 6.75. The van der Waals surface area contributed by atoms with Gasteiger partial charge in [0.15, 0.2) is 0 Å². The Morgan fingerprint density at radius 1 is 1.64 bits per heavy atom. The number of hydrogen-bond donors (Lipinski definition) is 2. The van der Waals surface area contributed by atoms with E-state index in [1.165, 1.54) is 12.2 Å². The van der Waals surface area contributed by atoms with Gasteiger partial charge in [0.25, 0.3) is 0 Å². The van der Waals surface area contributed by atoms with Crippen molar-refractivity contribution in [3.63, 3.8) is 0 Å². The van der Waals surface area contributed by atoms with Crippen LogP contribution in [0.15, 0.2) is 6.20 Å². The van der Waals surface area contributed by atoms with Gasteiger partial charge in [-0.25, -0.2) is 4.98 Å². The van der Waals surface area contributed by atoms with E-state index in [0.29, 0.717) is 12.0 Å². The highest BCUT2D eigenvalue weighted by atomic mass is 32.2. The summed E-state index contributed by atoms with van der Waals surface area (Å²) in [6, 6.07) is 0.535. The van der Waals surface area contributed by atoms with E-state index in [1.807, 2.05) is 18.7 Å². The van der Waals surface area contributed by atoms with Crippen molar-refractivity contribution in [2.45, 2.75) is 19.4 Å². The van der Waals surface area contributed by atoms with Crippen LogP contribution < -0.4 is 11.1 Å². The minimum Gasteiger partial charge on any atom is -0.368 e. The molecule has 2 rings (SSSR count). The Bertz CT molecular complexity index is 323. The largest absolute Gasteiger partial charge is 0.368 e. The second-order valence-electron chi connectivity index (χ2n) is 3.46. The molecule has 4 nitrogen and oxygen atoms in total. The summed E-state index contributed by atoms with van der Waals surface area (Å²) in [5, 5.41) is 3.40. The Hall–Kier alpha value is -0.970. The number of nitrogens with one attached hydrogen (secondary N) is 1. The second kappa shape index (κ2) is 4.04. The van der Waals surface area contributed by atoms with Gasteiger partial charge < -0.3 is 11.1 Å². The van der Waals surface area contributed by atoms with Gasteiger partial charge in [-0.3, -0.25) is 0 Å². The number of rotatable bonds is 2. The molecule has 1 atom stereocenters. The van der Waals surface area contributed by atoms with Crippen molar-refractivity contribution in [1.29, 1.82) is 0 Å². The van der Waals surface area contributed by atoms with Crippen molar-refractivity contribution in [2.24, 2.45) is 0 Å². The molecule has 0 spiro atoms. The van der Waals surface area contributed by atoms with E-state index in [1.54, 1.807) is 6.20 Å². The minimum atomic E-state index is 0.337. The molecule has 1 aromatic heterocycles. The van der Waals surface area contributed by atoms with E-state index < -0.39 is 0 Å². The van der Waals surface area contributed by atoms with Crippen LogP contribution in [0.5, 0.6) is 0 Å². The molecule has 0 radical (unpaired) electrons. The Labute approximate surface area is 87.7 Å². The summed E-state index contributed by atoms with van der Waals surface area (Å²) in [5.74, 6) is 3.61. The van der Waals surface area contributed by atoms with Gasteiger partial charge in [-0.2, -0.15) is 16.7 Å². The number of nitrogen functional groups attached to an aromatic ring is 1. The molecule has 0 amide bonds. The molecule has 1 aliphatic heterocycles. The molecule has 1 aromatic rings. The Balaban J connectivity index is 2.10. The summed E-state index contributed by atoms with van der Waals surface area (Å²) in [4.78, 5) is 8.12. The average Bonchev–Trinajstić information content (AvgIpc) is 2.64. The molecule has 1 saturated heterocycles. The summed E-state index contributed by atoms with van der Waals surface area (Å²) in [6.45, 7) is 1.99. The van der Waals surface area contributed by atoms with Crippen LogP contribution in [-0.4, -0.2) is 27.5 Å². The third kappa shape index (κ3) is 2.09. The number of aromatic nitrogens is 2. The number of anilines is 2. The highest BCUT2D eigenvalue weighted by Gasteiger charge is 2.16. The highest BCUT2D eigenvalue weighted by molar-refractivity contribution is 7.99. The lowest BCUT2D eigenvalue weighted by atomic mass is 10.2. The molecule has 0 bridgehead atoms. The molecule has 14 heavy (non-hydrogen) atoms. The zero-order valence-electron chi connectivity index (χ0n) is 8.16. The van der Waals surface area contributed by atoms with E-state index in [4.69, 9.17) is 5.73 Å². The van der Waals surface area contributed by atoms with E-state index in [2.05, 4.69) is 15.3 Å². The highest BCUT2D eigenvalue weighted by Crippen LogP contribution is 2.21. The van der Waals surface area contributed by atoms with Gasteiger partial charge in [0.2, 0.25) is 5.95 Å². The van der Waals surface area contributed by atoms with Gasteiger partial charge in [-0.15, -0.1) is 0 Å². The van der Waals surface area contributed by atoms with Crippen LogP contribution in [0.2, 0.25) is 0 Å². The molecule has 0 saturated carbocycles. The molecule has 1 unspecified atom stereocenters. The number of aryl methyl sites for hydroxylation is 1. The topological polar surface area (TPSA) is 63.8 Å². The Kier molecular flexibility index (Phi) is 2.77. The van der Waals surface area contributed by atoms with Gasteiger partial charge in [0.1, 0.15) is 5.82 Å². The molecule has 0 aromatic carbocycles. The monoisotopic (exact) mass is 210 g/mol. The SMILES string of the molecule is Cc1cnc(N)nc1NC1CCSC1. The minimum absolute atomic E-state index is 0.337. The normalized spacial score (nSPS) is 21.1. The summed E-state index contributed by atoms with van der Waals surface area (Å²) in [5.41, 5.74) is 6.59. The van der Waals surface area contributed by atoms with E-state index >= 15 is 0 Å². The van der Waals surface area contributed by atoms with E-state index in [0.717, 1.165) is 17.1 Å². The molecule has 1 fully saturated rings. The van der Waals surface area contributed by atoms with Crippen molar-refractivity contribution in [3.8, 4) is 0 Å². The van der Waals surface area contributed by atoms with Crippen LogP contribution in [0, 0.1) is 6.92 Å². The number of hydrogen-bond acceptors (Lipinski definition) is 5. The van der Waals surface area contributed by atoms with Crippen molar-refractivity contribution in [3.05, 3.63) is 11.8 Å². The predicted molar refractivity (Wildman–Crippen MR) is 60.5 cm³/mol. The Morgan fingerprint density at radius 2 is 2.50 bits per heavy atom. The Morgan fingerprint density at radius 3 is 3.21 bits per heavy atom. The van der Waals surface area contributed by atoms with Gasteiger partial charge in [-0.05, 0) is 19.1 Å². The molecule has 1 aliphatic rings. The quantitative estimate of drug-likeness (QED) is 0.770. The van der Waals surface area contributed by atoms with Crippen LogP contribution in [0.25, 0.3) is 0 Å². The zero-order chi connectivity index (χ0) is 9.97.